The van der Waals surface area contributed by atoms with Gasteiger partial charge in [0.25, 0.3) is 0 Å². The monoisotopic (exact) mass is 341 g/mol. The molecule has 1 N–H and O–H groups in total. The van der Waals surface area contributed by atoms with Gasteiger partial charge in [0, 0.05) is 22.1 Å². The molecule has 0 amide bonds. The zero-order valence-electron chi connectivity index (χ0n) is 10.5. The van der Waals surface area contributed by atoms with Crippen LogP contribution in [0.15, 0.2) is 46.9 Å². The third-order valence-corrected chi connectivity index (χ3v) is 3.83. The third kappa shape index (κ3) is 4.03. The molecule has 0 aliphatic rings. The number of hydrogen-bond donors (Lipinski definition) is 1. The van der Waals surface area contributed by atoms with E-state index in [1.54, 1.807) is 12.1 Å². The Morgan fingerprint density at radius 1 is 1.21 bits per heavy atom. The summed E-state index contributed by atoms with van der Waals surface area (Å²) in [5, 5.41) is 4.10. The van der Waals surface area contributed by atoms with Crippen molar-refractivity contribution in [1.29, 1.82) is 0 Å². The van der Waals surface area contributed by atoms with E-state index in [0.29, 0.717) is 6.54 Å². The Bertz CT molecular complexity index is 557. The minimum absolute atomic E-state index is 0.139. The van der Waals surface area contributed by atoms with Gasteiger partial charge in [0.05, 0.1) is 0 Å². The summed E-state index contributed by atoms with van der Waals surface area (Å²) in [6, 6.07) is 12.5. The SMILES string of the molecule is CC(NCc1ccc(Br)cc1Cl)c1ccc(F)cc1. The largest absolute Gasteiger partial charge is 0.306 e. The first-order valence-corrected chi connectivity index (χ1v) is 7.16. The van der Waals surface area contributed by atoms with Gasteiger partial charge in [-0.05, 0) is 42.3 Å². The smallest absolute Gasteiger partial charge is 0.123 e. The fourth-order valence-electron chi connectivity index (χ4n) is 1.80. The van der Waals surface area contributed by atoms with Crippen LogP contribution in [0.25, 0.3) is 0 Å². The average Bonchev–Trinajstić information content (AvgIpc) is 2.38. The molecule has 0 saturated carbocycles. The van der Waals surface area contributed by atoms with Crippen LogP contribution in [0.3, 0.4) is 0 Å². The summed E-state index contributed by atoms with van der Waals surface area (Å²) in [4.78, 5) is 0. The van der Waals surface area contributed by atoms with Crippen molar-refractivity contribution in [3.8, 4) is 0 Å². The van der Waals surface area contributed by atoms with Crippen molar-refractivity contribution in [2.75, 3.05) is 0 Å². The molecule has 1 unspecified atom stereocenters. The molecule has 4 heteroatoms. The summed E-state index contributed by atoms with van der Waals surface area (Å²) in [7, 11) is 0. The summed E-state index contributed by atoms with van der Waals surface area (Å²) in [5.41, 5.74) is 2.09. The molecule has 2 rings (SSSR count). The van der Waals surface area contributed by atoms with Gasteiger partial charge in [-0.25, -0.2) is 4.39 Å². The van der Waals surface area contributed by atoms with E-state index in [2.05, 4.69) is 21.2 Å². The van der Waals surface area contributed by atoms with Crippen molar-refractivity contribution in [1.82, 2.24) is 5.32 Å². The van der Waals surface area contributed by atoms with Crippen molar-refractivity contribution in [2.24, 2.45) is 0 Å². The molecule has 0 aliphatic heterocycles. The van der Waals surface area contributed by atoms with Crippen LogP contribution in [0.1, 0.15) is 24.1 Å². The predicted molar refractivity (Wildman–Crippen MR) is 80.8 cm³/mol. The van der Waals surface area contributed by atoms with E-state index in [0.717, 1.165) is 20.6 Å². The molecule has 19 heavy (non-hydrogen) atoms. The van der Waals surface area contributed by atoms with E-state index in [1.807, 2.05) is 25.1 Å². The predicted octanol–water partition coefficient (Wildman–Crippen LogP) is 5.09. The summed E-state index contributed by atoms with van der Waals surface area (Å²) in [6.07, 6.45) is 0. The maximum Gasteiger partial charge on any atom is 0.123 e. The van der Waals surface area contributed by atoms with Crippen LogP contribution in [0, 0.1) is 5.82 Å². The van der Waals surface area contributed by atoms with Crippen LogP contribution in [0.2, 0.25) is 5.02 Å². The van der Waals surface area contributed by atoms with Gasteiger partial charge in [0.1, 0.15) is 5.82 Å². The molecule has 0 bridgehead atoms. The van der Waals surface area contributed by atoms with Crippen molar-refractivity contribution in [3.63, 3.8) is 0 Å². The average molecular weight is 343 g/mol. The molecule has 0 spiro atoms. The lowest BCUT2D eigenvalue weighted by Gasteiger charge is -2.15. The van der Waals surface area contributed by atoms with E-state index < -0.39 is 0 Å². The summed E-state index contributed by atoms with van der Waals surface area (Å²) in [6.45, 7) is 2.71. The number of hydrogen-bond acceptors (Lipinski definition) is 1. The van der Waals surface area contributed by atoms with E-state index in [1.165, 1.54) is 12.1 Å². The van der Waals surface area contributed by atoms with Crippen LogP contribution in [-0.4, -0.2) is 0 Å². The molecule has 1 atom stereocenters. The van der Waals surface area contributed by atoms with Gasteiger partial charge in [-0.3, -0.25) is 0 Å². The quantitative estimate of drug-likeness (QED) is 0.816. The third-order valence-electron chi connectivity index (χ3n) is 2.98. The normalized spacial score (nSPS) is 12.4. The number of benzene rings is 2. The van der Waals surface area contributed by atoms with Gasteiger partial charge in [-0.1, -0.05) is 45.7 Å². The van der Waals surface area contributed by atoms with Crippen LogP contribution in [0.4, 0.5) is 4.39 Å². The Kier molecular flexibility index (Phi) is 4.97. The molecule has 2 aromatic carbocycles. The Hall–Kier alpha value is -0.900. The van der Waals surface area contributed by atoms with Gasteiger partial charge < -0.3 is 5.32 Å². The molecule has 0 radical (unpaired) electrons. The molecule has 1 nitrogen and oxygen atoms in total. The van der Waals surface area contributed by atoms with Crippen LogP contribution < -0.4 is 5.32 Å². The zero-order chi connectivity index (χ0) is 13.8. The summed E-state index contributed by atoms with van der Waals surface area (Å²) < 4.78 is 13.8. The Labute approximate surface area is 125 Å². The van der Waals surface area contributed by atoms with Crippen molar-refractivity contribution < 1.29 is 4.39 Å². The molecule has 0 heterocycles. The van der Waals surface area contributed by atoms with Gasteiger partial charge in [-0.15, -0.1) is 0 Å². The molecule has 0 saturated heterocycles. The van der Waals surface area contributed by atoms with E-state index in [-0.39, 0.29) is 11.9 Å². The van der Waals surface area contributed by atoms with Gasteiger partial charge in [0.2, 0.25) is 0 Å². The minimum Gasteiger partial charge on any atom is -0.306 e. The molecular weight excluding hydrogens is 329 g/mol. The highest BCUT2D eigenvalue weighted by molar-refractivity contribution is 9.10. The minimum atomic E-state index is -0.216. The number of nitrogens with one attached hydrogen (secondary N) is 1. The van der Waals surface area contributed by atoms with Crippen molar-refractivity contribution >= 4 is 27.5 Å². The first kappa shape index (κ1) is 14.5. The lowest BCUT2D eigenvalue weighted by molar-refractivity contribution is 0.571. The summed E-state index contributed by atoms with van der Waals surface area (Å²) in [5.74, 6) is -0.216. The zero-order valence-corrected chi connectivity index (χ0v) is 12.8. The van der Waals surface area contributed by atoms with Gasteiger partial charge >= 0.3 is 0 Å². The maximum atomic E-state index is 12.8. The molecule has 0 fully saturated rings. The number of halogens is 3. The van der Waals surface area contributed by atoms with E-state index in [9.17, 15) is 4.39 Å². The Morgan fingerprint density at radius 2 is 1.89 bits per heavy atom. The standard InChI is InChI=1S/C15H14BrClFN/c1-10(11-3-6-14(18)7-4-11)19-9-12-2-5-13(16)8-15(12)17/h2-8,10,19H,9H2,1H3. The van der Waals surface area contributed by atoms with Crippen molar-refractivity contribution in [2.45, 2.75) is 19.5 Å². The number of rotatable bonds is 4. The van der Waals surface area contributed by atoms with Crippen LogP contribution >= 0.6 is 27.5 Å². The molecule has 0 aromatic heterocycles. The highest BCUT2D eigenvalue weighted by Crippen LogP contribution is 2.22. The van der Waals surface area contributed by atoms with Gasteiger partial charge in [-0.2, -0.15) is 0 Å². The summed E-state index contributed by atoms with van der Waals surface area (Å²) >= 11 is 9.54. The Morgan fingerprint density at radius 3 is 2.53 bits per heavy atom. The highest BCUT2D eigenvalue weighted by Gasteiger charge is 2.07. The lowest BCUT2D eigenvalue weighted by Crippen LogP contribution is -2.18. The first-order valence-electron chi connectivity index (χ1n) is 5.99. The first-order chi connectivity index (χ1) is 9.06. The second-order valence-corrected chi connectivity index (χ2v) is 5.71. The van der Waals surface area contributed by atoms with Gasteiger partial charge in [0.15, 0.2) is 0 Å². The fraction of sp³-hybridized carbons (Fsp3) is 0.200. The van der Waals surface area contributed by atoms with E-state index >= 15 is 0 Å². The molecule has 100 valence electrons. The molecule has 0 aliphatic carbocycles. The lowest BCUT2D eigenvalue weighted by atomic mass is 10.1. The second-order valence-electron chi connectivity index (χ2n) is 4.39. The Balaban J connectivity index is 2.00. The second kappa shape index (κ2) is 6.51. The fourth-order valence-corrected chi connectivity index (χ4v) is 2.54. The van der Waals surface area contributed by atoms with E-state index in [4.69, 9.17) is 11.6 Å². The van der Waals surface area contributed by atoms with Crippen molar-refractivity contribution in [3.05, 3.63) is 68.9 Å². The molecular formula is C15H14BrClFN. The van der Waals surface area contributed by atoms with Crippen LogP contribution in [0.5, 0.6) is 0 Å². The maximum absolute atomic E-state index is 12.8. The molecule has 2 aromatic rings. The van der Waals surface area contributed by atoms with Crippen LogP contribution in [-0.2, 0) is 6.54 Å². The highest BCUT2D eigenvalue weighted by atomic mass is 79.9. The topological polar surface area (TPSA) is 12.0 Å².